The van der Waals surface area contributed by atoms with E-state index in [4.69, 9.17) is 0 Å². The van der Waals surface area contributed by atoms with Crippen LogP contribution in [0.15, 0.2) is 10.4 Å². The van der Waals surface area contributed by atoms with Gasteiger partial charge in [0, 0.05) is 29.6 Å². The van der Waals surface area contributed by atoms with Crippen molar-refractivity contribution in [2.45, 2.75) is 38.9 Å². The van der Waals surface area contributed by atoms with E-state index < -0.39 is 0 Å². The summed E-state index contributed by atoms with van der Waals surface area (Å²) in [6.07, 6.45) is 3.06. The molecule has 0 amide bonds. The lowest BCUT2D eigenvalue weighted by Gasteiger charge is -2.20. The van der Waals surface area contributed by atoms with Crippen LogP contribution in [-0.4, -0.2) is 41.6 Å². The number of hydrogen-bond donors (Lipinski definition) is 2. The van der Waals surface area contributed by atoms with Gasteiger partial charge in [0.1, 0.15) is 0 Å². The standard InChI is InChI=1S/C14H26N4S2.HI/c1-6-15-13(17-10-14(3,4)19-5)16-8-7-12-9-20-11(2)18-12;/h9H,6-8,10H2,1-5H3,(H2,15,16,17);1H. The van der Waals surface area contributed by atoms with Gasteiger partial charge in [-0.25, -0.2) is 4.98 Å². The molecule has 1 aromatic rings. The number of nitrogens with zero attached hydrogens (tertiary/aromatic N) is 2. The molecule has 4 nitrogen and oxygen atoms in total. The summed E-state index contributed by atoms with van der Waals surface area (Å²) in [5.41, 5.74) is 1.15. The number of aliphatic imine (C=N–C) groups is 1. The molecule has 0 aliphatic rings. The lowest BCUT2D eigenvalue weighted by atomic mass is 10.2. The molecule has 0 atom stereocenters. The Morgan fingerprint density at radius 3 is 2.67 bits per heavy atom. The first-order valence-corrected chi connectivity index (χ1v) is 9.05. The molecule has 1 heterocycles. The van der Waals surface area contributed by atoms with Crippen LogP contribution in [0.2, 0.25) is 0 Å². The highest BCUT2D eigenvalue weighted by molar-refractivity contribution is 14.0. The summed E-state index contributed by atoms with van der Waals surface area (Å²) in [5, 5.41) is 9.90. The van der Waals surface area contributed by atoms with E-state index in [0.29, 0.717) is 0 Å². The number of hydrogen-bond acceptors (Lipinski definition) is 4. The molecule has 0 aliphatic carbocycles. The van der Waals surface area contributed by atoms with Crippen LogP contribution in [0.1, 0.15) is 31.5 Å². The minimum atomic E-state index is 0. The predicted molar refractivity (Wildman–Crippen MR) is 108 cm³/mol. The van der Waals surface area contributed by atoms with E-state index in [2.05, 4.69) is 53.0 Å². The van der Waals surface area contributed by atoms with Crippen LogP contribution < -0.4 is 10.6 Å². The summed E-state index contributed by atoms with van der Waals surface area (Å²) in [6.45, 7) is 11.1. The Morgan fingerprint density at radius 2 is 2.14 bits per heavy atom. The lowest BCUT2D eigenvalue weighted by molar-refractivity contribution is 0.709. The molecule has 0 spiro atoms. The van der Waals surface area contributed by atoms with E-state index in [1.54, 1.807) is 11.3 Å². The average Bonchev–Trinajstić information content (AvgIpc) is 2.82. The fourth-order valence-corrected chi connectivity index (χ4v) is 2.35. The third-order valence-corrected chi connectivity index (χ3v) is 4.91. The van der Waals surface area contributed by atoms with Crippen LogP contribution >= 0.6 is 47.1 Å². The highest BCUT2D eigenvalue weighted by atomic mass is 127. The van der Waals surface area contributed by atoms with Gasteiger partial charge >= 0.3 is 0 Å². The molecule has 21 heavy (non-hydrogen) atoms. The van der Waals surface area contributed by atoms with Gasteiger partial charge in [0.2, 0.25) is 0 Å². The third kappa shape index (κ3) is 8.87. The van der Waals surface area contributed by atoms with Crippen molar-refractivity contribution in [3.05, 3.63) is 16.1 Å². The molecule has 0 aromatic carbocycles. The van der Waals surface area contributed by atoms with Gasteiger partial charge in [0.25, 0.3) is 0 Å². The Morgan fingerprint density at radius 1 is 1.43 bits per heavy atom. The molecule has 2 N–H and O–H groups in total. The van der Waals surface area contributed by atoms with E-state index >= 15 is 0 Å². The molecular weight excluding hydrogens is 415 g/mol. The van der Waals surface area contributed by atoms with Crippen LogP contribution in [0.3, 0.4) is 0 Å². The van der Waals surface area contributed by atoms with Crippen molar-refractivity contribution in [2.24, 2.45) is 4.99 Å². The Kier molecular flexibility index (Phi) is 10.7. The van der Waals surface area contributed by atoms with E-state index in [1.165, 1.54) is 0 Å². The monoisotopic (exact) mass is 442 g/mol. The number of aryl methyl sites for hydroxylation is 1. The molecule has 0 saturated heterocycles. The minimum Gasteiger partial charge on any atom is -0.357 e. The van der Waals surface area contributed by atoms with Crippen molar-refractivity contribution in [1.82, 2.24) is 15.6 Å². The SMILES string of the molecule is CCNC(=NCC(C)(C)SC)NCCc1csc(C)n1.I. The Labute approximate surface area is 154 Å². The van der Waals surface area contributed by atoms with Gasteiger partial charge in [0.15, 0.2) is 5.96 Å². The third-order valence-electron chi connectivity index (χ3n) is 2.85. The number of aromatic nitrogens is 1. The highest BCUT2D eigenvalue weighted by Crippen LogP contribution is 2.20. The summed E-state index contributed by atoms with van der Waals surface area (Å²) in [4.78, 5) is 9.12. The van der Waals surface area contributed by atoms with Gasteiger partial charge in [-0.2, -0.15) is 11.8 Å². The fraction of sp³-hybridized carbons (Fsp3) is 0.714. The van der Waals surface area contributed by atoms with Crippen LogP contribution in [0, 0.1) is 6.92 Å². The van der Waals surface area contributed by atoms with Gasteiger partial charge < -0.3 is 10.6 Å². The average molecular weight is 442 g/mol. The topological polar surface area (TPSA) is 49.3 Å². The van der Waals surface area contributed by atoms with Gasteiger partial charge in [0.05, 0.1) is 17.2 Å². The molecule has 1 aromatic heterocycles. The molecule has 0 radical (unpaired) electrons. The summed E-state index contributed by atoms with van der Waals surface area (Å²) in [5.74, 6) is 0.890. The number of nitrogens with one attached hydrogen (secondary N) is 2. The number of rotatable bonds is 7. The zero-order valence-corrected chi connectivity index (χ0v) is 17.5. The molecule has 0 bridgehead atoms. The number of guanidine groups is 1. The Bertz CT molecular complexity index is 432. The molecule has 0 aliphatic heterocycles. The molecular formula is C14H27IN4S2. The van der Waals surface area contributed by atoms with Gasteiger partial charge in [-0.3, -0.25) is 4.99 Å². The number of halogens is 1. The first kappa shape index (κ1) is 21.0. The maximum atomic E-state index is 4.65. The van der Waals surface area contributed by atoms with Crippen LogP contribution in [-0.2, 0) is 6.42 Å². The summed E-state index contributed by atoms with van der Waals surface area (Å²) >= 11 is 3.54. The normalized spacial score (nSPS) is 12.0. The lowest BCUT2D eigenvalue weighted by Crippen LogP contribution is -2.39. The maximum Gasteiger partial charge on any atom is 0.191 e. The molecule has 0 fully saturated rings. The zero-order chi connectivity index (χ0) is 15.0. The van der Waals surface area contributed by atoms with E-state index in [0.717, 1.165) is 42.7 Å². The van der Waals surface area contributed by atoms with E-state index in [1.807, 2.05) is 18.7 Å². The maximum absolute atomic E-state index is 4.65. The molecule has 0 unspecified atom stereocenters. The Hall–Kier alpha value is -0.0200. The molecule has 7 heteroatoms. The van der Waals surface area contributed by atoms with Crippen molar-refractivity contribution in [3.8, 4) is 0 Å². The van der Waals surface area contributed by atoms with Gasteiger partial charge in [-0.1, -0.05) is 0 Å². The van der Waals surface area contributed by atoms with E-state index in [-0.39, 0.29) is 28.7 Å². The van der Waals surface area contributed by atoms with Gasteiger partial charge in [-0.15, -0.1) is 35.3 Å². The Balaban J connectivity index is 0.00000400. The van der Waals surface area contributed by atoms with Crippen molar-refractivity contribution in [3.63, 3.8) is 0 Å². The number of thioether (sulfide) groups is 1. The van der Waals surface area contributed by atoms with Crippen molar-refractivity contribution >= 4 is 53.0 Å². The fourth-order valence-electron chi connectivity index (χ4n) is 1.51. The highest BCUT2D eigenvalue weighted by Gasteiger charge is 2.15. The first-order valence-electron chi connectivity index (χ1n) is 6.95. The van der Waals surface area contributed by atoms with Crippen LogP contribution in [0.5, 0.6) is 0 Å². The van der Waals surface area contributed by atoms with Crippen LogP contribution in [0.25, 0.3) is 0 Å². The van der Waals surface area contributed by atoms with Crippen molar-refractivity contribution in [1.29, 1.82) is 0 Å². The second-order valence-electron chi connectivity index (χ2n) is 5.19. The molecule has 0 saturated carbocycles. The van der Waals surface area contributed by atoms with Crippen molar-refractivity contribution < 1.29 is 0 Å². The second kappa shape index (κ2) is 10.7. The summed E-state index contributed by atoms with van der Waals surface area (Å²) in [6, 6.07) is 0. The van der Waals surface area contributed by atoms with E-state index in [9.17, 15) is 0 Å². The summed E-state index contributed by atoms with van der Waals surface area (Å²) < 4.78 is 0.175. The first-order chi connectivity index (χ1) is 9.46. The summed E-state index contributed by atoms with van der Waals surface area (Å²) in [7, 11) is 0. The largest absolute Gasteiger partial charge is 0.357 e. The second-order valence-corrected chi connectivity index (χ2v) is 7.77. The quantitative estimate of drug-likeness (QED) is 0.387. The number of thiazole rings is 1. The predicted octanol–water partition coefficient (Wildman–Crippen LogP) is 3.31. The van der Waals surface area contributed by atoms with Gasteiger partial charge in [-0.05, 0) is 34.0 Å². The minimum absolute atomic E-state index is 0. The zero-order valence-electron chi connectivity index (χ0n) is 13.5. The smallest absolute Gasteiger partial charge is 0.191 e. The molecule has 122 valence electrons. The van der Waals surface area contributed by atoms with Crippen LogP contribution in [0.4, 0.5) is 0 Å². The van der Waals surface area contributed by atoms with Crippen molar-refractivity contribution in [2.75, 3.05) is 25.9 Å². The molecule has 1 rings (SSSR count).